The zero-order chi connectivity index (χ0) is 65.6. The normalized spacial score (nSPS) is 49.2. The number of aliphatic hydroxyl groups is 19. The standard InChI is InChI=1S/C51H87N3O34S2/c1-3-23(60)54-5-7-90-14-22-44-30(67)37(74)51(81-22)86-42-20(12-59)77-47(33(70)26(42)63)84-40-18(10-57)78-48(34(71)27(40)64)87-43-21(13-89-6-4-53-15(2)52)80-50(36(73)29(43)66)85-41-19(11-58)76-46(32(69)25(41)62)82-38-16(8-55)75-45(31(68)24(38)61)83-39-17(9-56)79-49(88-44)35(72)28(39)65/h16-22,24-51,55-59,61-74H,3-14H2,1-2H3,(H2,52,53)(H,54,60). The summed E-state index contributed by atoms with van der Waals surface area (Å²) in [7, 11) is 0. The SMILES string of the molecule is CCC(=O)NCCSCC1OC2OC3C(CO)OC(OC4C(CO)OC(OC5C(CSCCN=C(C)N)OC(OC6C(CO)OC(OC7C(CO)OC(OC8C(CO)OC(OC1C(O)C2O)C(O)C8O)C(O)C7O)C(O)C6O)C(O)C5O)C(O)C4O)C(O)C3O. The van der Waals surface area contributed by atoms with Crippen molar-refractivity contribution >= 4 is 35.3 Å². The van der Waals surface area contributed by atoms with Crippen molar-refractivity contribution in [3.8, 4) is 0 Å². The quantitative estimate of drug-likeness (QED) is 0.0388. The highest BCUT2D eigenvalue weighted by molar-refractivity contribution is 7.99. The third-order valence-electron chi connectivity index (χ3n) is 16.5. The molecule has 522 valence electrons. The van der Waals surface area contributed by atoms with E-state index in [-0.39, 0.29) is 54.3 Å². The predicted molar refractivity (Wildman–Crippen MR) is 294 cm³/mol. The van der Waals surface area contributed by atoms with Crippen molar-refractivity contribution in [1.82, 2.24) is 5.32 Å². The number of carbonyl (C=O) groups excluding carboxylic acids is 1. The van der Waals surface area contributed by atoms with Gasteiger partial charge in [-0.2, -0.15) is 23.5 Å². The van der Waals surface area contributed by atoms with E-state index in [0.717, 1.165) is 23.5 Å². The molecule has 0 aromatic rings. The predicted octanol–water partition coefficient (Wildman–Crippen LogP) is -12.8. The maximum absolute atomic E-state index is 12.0. The summed E-state index contributed by atoms with van der Waals surface area (Å²) in [5, 5.41) is 218. The largest absolute Gasteiger partial charge is 0.394 e. The first-order chi connectivity index (χ1) is 42.9. The lowest BCUT2D eigenvalue weighted by Crippen LogP contribution is -2.68. The zero-order valence-corrected chi connectivity index (χ0v) is 50.3. The van der Waals surface area contributed by atoms with Crippen LogP contribution in [-0.4, -0.2) is 393 Å². The lowest BCUT2D eigenvalue weighted by atomic mass is 9.95. The number of amidine groups is 1. The molecular formula is C51H87N3O34S2. The van der Waals surface area contributed by atoms with Crippen LogP contribution in [0.4, 0.5) is 0 Å². The summed E-state index contributed by atoms with van der Waals surface area (Å²) in [5.74, 6) is 0.187. The summed E-state index contributed by atoms with van der Waals surface area (Å²) in [4.78, 5) is 16.1. The molecule has 0 spiro atoms. The van der Waals surface area contributed by atoms with Crippen LogP contribution in [0, 0.1) is 0 Å². The maximum Gasteiger partial charge on any atom is 0.219 e. The maximum atomic E-state index is 12.0. The van der Waals surface area contributed by atoms with Gasteiger partial charge in [-0.3, -0.25) is 9.79 Å². The smallest absolute Gasteiger partial charge is 0.219 e. The van der Waals surface area contributed by atoms with Crippen LogP contribution < -0.4 is 11.1 Å². The molecule has 0 aromatic carbocycles. The minimum Gasteiger partial charge on any atom is -0.394 e. The molecule has 21 fully saturated rings. The van der Waals surface area contributed by atoms with Gasteiger partial charge in [-0.15, -0.1) is 0 Å². The molecule has 21 rings (SSSR count). The summed E-state index contributed by atoms with van der Waals surface area (Å²) in [6.45, 7) is -1.62. The molecule has 0 aliphatic carbocycles. The van der Waals surface area contributed by atoms with Crippen LogP contribution in [0.2, 0.25) is 0 Å². The van der Waals surface area contributed by atoms with E-state index in [0.29, 0.717) is 0 Å². The number of ether oxygens (including phenoxy) is 14. The second-order valence-corrected chi connectivity index (χ2v) is 25.0. The van der Waals surface area contributed by atoms with Crippen LogP contribution in [-0.2, 0) is 71.1 Å². The fourth-order valence-corrected chi connectivity index (χ4v) is 13.3. The highest BCUT2D eigenvalue weighted by Gasteiger charge is 2.59. The summed E-state index contributed by atoms with van der Waals surface area (Å²) in [6, 6.07) is 0. The van der Waals surface area contributed by atoms with Crippen LogP contribution in [0.25, 0.3) is 0 Å². The second-order valence-electron chi connectivity index (χ2n) is 22.7. The topological polar surface area (TPSA) is 581 Å². The van der Waals surface area contributed by atoms with Crippen molar-refractivity contribution in [2.24, 2.45) is 10.7 Å². The van der Waals surface area contributed by atoms with Gasteiger partial charge in [0.1, 0.15) is 159 Å². The van der Waals surface area contributed by atoms with Crippen LogP contribution in [0.5, 0.6) is 0 Å². The van der Waals surface area contributed by atoms with E-state index in [9.17, 15) is 102 Å². The Morgan fingerprint density at radius 3 is 0.811 bits per heavy atom. The molecule has 0 aromatic heterocycles. The molecule has 90 heavy (non-hydrogen) atoms. The number of thioether (sulfide) groups is 2. The van der Waals surface area contributed by atoms with E-state index in [1.54, 1.807) is 13.8 Å². The van der Waals surface area contributed by atoms with Gasteiger partial charge in [-0.25, -0.2) is 0 Å². The van der Waals surface area contributed by atoms with Gasteiger partial charge in [0.15, 0.2) is 44.0 Å². The minimum absolute atomic E-state index is 0.132. The number of hydrogen-bond acceptors (Lipinski definition) is 37. The molecule has 14 bridgehead atoms. The van der Waals surface area contributed by atoms with Crippen molar-refractivity contribution in [2.45, 2.75) is 235 Å². The first-order valence-electron chi connectivity index (χ1n) is 29.3. The van der Waals surface area contributed by atoms with E-state index >= 15 is 0 Å². The first-order valence-corrected chi connectivity index (χ1v) is 31.6. The zero-order valence-electron chi connectivity index (χ0n) is 48.7. The van der Waals surface area contributed by atoms with Crippen LogP contribution in [0.3, 0.4) is 0 Å². The number of carbonyl (C=O) groups is 1. The van der Waals surface area contributed by atoms with E-state index in [2.05, 4.69) is 10.3 Å². The fraction of sp³-hybridized carbons (Fsp3) is 0.961. The van der Waals surface area contributed by atoms with E-state index < -0.39 is 248 Å². The molecule has 1 amide bonds. The van der Waals surface area contributed by atoms with Crippen molar-refractivity contribution in [3.63, 3.8) is 0 Å². The van der Waals surface area contributed by atoms with Crippen LogP contribution in [0.1, 0.15) is 20.3 Å². The number of rotatable bonds is 16. The Balaban J connectivity index is 1.10. The van der Waals surface area contributed by atoms with Crippen molar-refractivity contribution in [1.29, 1.82) is 0 Å². The molecule has 39 heteroatoms. The minimum atomic E-state index is -2.20. The second kappa shape index (κ2) is 33.5. The van der Waals surface area contributed by atoms with Gasteiger partial charge < -0.3 is 174 Å². The molecule has 37 nitrogen and oxygen atoms in total. The Bertz CT molecular complexity index is 2230. The van der Waals surface area contributed by atoms with Gasteiger partial charge in [0.25, 0.3) is 0 Å². The molecule has 21 heterocycles. The third-order valence-corrected chi connectivity index (χ3v) is 18.6. The summed E-state index contributed by atoms with van der Waals surface area (Å²) in [6.07, 6.45) is -68.2. The average molecular weight is 1350 g/mol. The van der Waals surface area contributed by atoms with E-state index in [1.807, 2.05) is 0 Å². The Morgan fingerprint density at radius 2 is 0.589 bits per heavy atom. The van der Waals surface area contributed by atoms with Gasteiger partial charge in [0, 0.05) is 42.5 Å². The van der Waals surface area contributed by atoms with Crippen molar-refractivity contribution in [3.05, 3.63) is 0 Å². The number of nitrogens with zero attached hydrogens (tertiary/aromatic N) is 1. The average Bonchev–Trinajstić information content (AvgIpc) is 1.15. The van der Waals surface area contributed by atoms with E-state index in [4.69, 9.17) is 72.0 Å². The lowest BCUT2D eigenvalue weighted by molar-refractivity contribution is -0.395. The van der Waals surface area contributed by atoms with Gasteiger partial charge >= 0.3 is 0 Å². The van der Waals surface area contributed by atoms with Crippen molar-refractivity contribution < 1.29 is 168 Å². The van der Waals surface area contributed by atoms with Gasteiger partial charge in [0.2, 0.25) is 5.91 Å². The van der Waals surface area contributed by atoms with Gasteiger partial charge in [-0.1, -0.05) is 6.92 Å². The molecule has 22 N–H and O–H groups in total. The molecule has 0 radical (unpaired) electrons. The van der Waals surface area contributed by atoms with Crippen molar-refractivity contribution in [2.75, 3.05) is 69.1 Å². The molecule has 21 aliphatic rings. The summed E-state index contributed by atoms with van der Waals surface area (Å²) < 4.78 is 82.8. The number of nitrogens with one attached hydrogen (secondary N) is 1. The fourth-order valence-electron chi connectivity index (χ4n) is 11.5. The van der Waals surface area contributed by atoms with Crippen LogP contribution in [0.15, 0.2) is 4.99 Å². The lowest BCUT2D eigenvalue weighted by Gasteiger charge is -2.50. The summed E-state index contributed by atoms with van der Waals surface area (Å²) in [5.41, 5.74) is 5.69. The Kier molecular flexibility index (Phi) is 27.6. The summed E-state index contributed by atoms with van der Waals surface area (Å²) >= 11 is 2.28. The molecular weight excluding hydrogens is 1260 g/mol. The first kappa shape index (κ1) is 74.1. The molecule has 0 saturated carbocycles. The molecule has 35 unspecified atom stereocenters. The number of amides is 1. The Hall–Kier alpha value is -1.68. The van der Waals surface area contributed by atoms with E-state index in [1.165, 1.54) is 0 Å². The molecule has 21 aliphatic heterocycles. The number of aliphatic imine (C=N–C) groups is 1. The number of nitrogens with two attached hydrogens (primary N) is 1. The monoisotopic (exact) mass is 1350 g/mol. The Labute approximate surface area is 522 Å². The highest BCUT2D eigenvalue weighted by atomic mass is 32.2. The van der Waals surface area contributed by atoms with Gasteiger partial charge in [-0.05, 0) is 6.92 Å². The molecule has 21 saturated heterocycles. The number of hydrogen-bond donors (Lipinski definition) is 21. The number of aliphatic hydroxyl groups excluding tert-OH is 19. The third kappa shape index (κ3) is 16.6. The Morgan fingerprint density at radius 1 is 0.367 bits per heavy atom. The highest BCUT2D eigenvalue weighted by Crippen LogP contribution is 2.40. The molecule has 35 atom stereocenters. The van der Waals surface area contributed by atoms with Crippen LogP contribution >= 0.6 is 23.5 Å². The van der Waals surface area contributed by atoms with Gasteiger partial charge in [0.05, 0.1) is 51.1 Å².